The van der Waals surface area contributed by atoms with E-state index in [4.69, 9.17) is 16.3 Å². The van der Waals surface area contributed by atoms with Gasteiger partial charge in [0.1, 0.15) is 11.5 Å². The first-order chi connectivity index (χ1) is 13.8. The number of piperazine rings is 1. The fourth-order valence-corrected chi connectivity index (χ4v) is 3.28. The summed E-state index contributed by atoms with van der Waals surface area (Å²) in [6.07, 6.45) is 1.90. The second-order valence-electron chi connectivity index (χ2n) is 6.65. The van der Waals surface area contributed by atoms with Crippen LogP contribution in [0.4, 0.5) is 5.69 Å². The zero-order chi connectivity index (χ0) is 19.2. The molecule has 0 saturated carbocycles. The van der Waals surface area contributed by atoms with Crippen LogP contribution in [-0.4, -0.2) is 37.4 Å². The third-order valence-corrected chi connectivity index (χ3v) is 4.91. The summed E-state index contributed by atoms with van der Waals surface area (Å²) in [7, 11) is 0. The summed E-state index contributed by atoms with van der Waals surface area (Å²) in [6.45, 7) is 3.66. The molecule has 0 unspecified atom stereocenters. The largest absolute Gasteiger partial charge is 0.457 e. The van der Waals surface area contributed by atoms with E-state index in [1.54, 1.807) is 0 Å². The first kappa shape index (κ1) is 18.4. The third kappa shape index (κ3) is 4.84. The number of para-hydroxylation sites is 1. The van der Waals surface area contributed by atoms with Gasteiger partial charge in [0.25, 0.3) is 0 Å². The average Bonchev–Trinajstić information content (AvgIpc) is 2.74. The number of benzene rings is 3. The van der Waals surface area contributed by atoms with Gasteiger partial charge in [-0.1, -0.05) is 41.9 Å². The maximum atomic E-state index is 5.97. The van der Waals surface area contributed by atoms with Gasteiger partial charge in [0.15, 0.2) is 0 Å². The van der Waals surface area contributed by atoms with E-state index in [1.165, 1.54) is 5.69 Å². The Morgan fingerprint density at radius 2 is 1.50 bits per heavy atom. The van der Waals surface area contributed by atoms with Crippen LogP contribution in [0, 0.1) is 0 Å². The number of hydrogen-bond donors (Lipinski definition) is 0. The number of rotatable bonds is 5. The van der Waals surface area contributed by atoms with Crippen molar-refractivity contribution in [1.82, 2.24) is 5.01 Å². The fourth-order valence-electron chi connectivity index (χ4n) is 3.15. The normalized spacial score (nSPS) is 14.5. The summed E-state index contributed by atoms with van der Waals surface area (Å²) in [4.78, 5) is 2.36. The van der Waals surface area contributed by atoms with Gasteiger partial charge in [-0.2, -0.15) is 5.10 Å². The predicted octanol–water partition coefficient (Wildman–Crippen LogP) is 5.29. The van der Waals surface area contributed by atoms with E-state index in [1.807, 2.05) is 72.9 Å². The van der Waals surface area contributed by atoms with E-state index in [9.17, 15) is 0 Å². The fraction of sp³-hybridized carbons (Fsp3) is 0.174. The van der Waals surface area contributed by atoms with Gasteiger partial charge in [-0.15, -0.1) is 0 Å². The molecule has 1 aliphatic heterocycles. The standard InChI is InChI=1S/C23H22ClN3O/c24-20-9-11-21(12-10-20)26-13-15-27(16-14-26)25-18-19-5-4-8-23(17-19)28-22-6-2-1-3-7-22/h1-12,17-18H,13-16H2/b25-18-. The summed E-state index contributed by atoms with van der Waals surface area (Å²) < 4.78 is 5.89. The van der Waals surface area contributed by atoms with Crippen molar-refractivity contribution >= 4 is 23.5 Å². The highest BCUT2D eigenvalue weighted by atomic mass is 35.5. The van der Waals surface area contributed by atoms with Crippen molar-refractivity contribution < 1.29 is 4.74 Å². The van der Waals surface area contributed by atoms with Crippen molar-refractivity contribution in [3.63, 3.8) is 0 Å². The molecule has 142 valence electrons. The number of hydrazone groups is 1. The molecule has 1 aliphatic rings. The molecule has 3 aromatic rings. The highest BCUT2D eigenvalue weighted by molar-refractivity contribution is 6.30. The monoisotopic (exact) mass is 391 g/mol. The topological polar surface area (TPSA) is 28.1 Å². The highest BCUT2D eigenvalue weighted by Crippen LogP contribution is 2.22. The van der Waals surface area contributed by atoms with Crippen molar-refractivity contribution in [3.8, 4) is 11.5 Å². The van der Waals surface area contributed by atoms with Gasteiger partial charge in [-0.25, -0.2) is 0 Å². The summed E-state index contributed by atoms with van der Waals surface area (Å²) in [5, 5.41) is 7.53. The van der Waals surface area contributed by atoms with Crippen LogP contribution in [0.3, 0.4) is 0 Å². The van der Waals surface area contributed by atoms with Crippen LogP contribution in [0.25, 0.3) is 0 Å². The number of nitrogens with zero attached hydrogens (tertiary/aromatic N) is 3. The molecular weight excluding hydrogens is 370 g/mol. The molecule has 0 spiro atoms. The molecule has 0 amide bonds. The number of ether oxygens (including phenoxy) is 1. The van der Waals surface area contributed by atoms with Crippen LogP contribution in [0.2, 0.25) is 5.02 Å². The lowest BCUT2D eigenvalue weighted by atomic mass is 10.2. The van der Waals surface area contributed by atoms with Gasteiger partial charge in [0.05, 0.1) is 19.3 Å². The Bertz CT molecular complexity index is 920. The van der Waals surface area contributed by atoms with E-state index in [2.05, 4.69) is 27.1 Å². The number of halogens is 1. The zero-order valence-electron chi connectivity index (χ0n) is 15.5. The number of hydrogen-bond acceptors (Lipinski definition) is 4. The van der Waals surface area contributed by atoms with E-state index in [-0.39, 0.29) is 0 Å². The molecule has 5 heteroatoms. The second-order valence-corrected chi connectivity index (χ2v) is 7.09. The van der Waals surface area contributed by atoms with E-state index in [0.717, 1.165) is 48.3 Å². The second kappa shape index (κ2) is 8.81. The molecule has 3 aromatic carbocycles. The van der Waals surface area contributed by atoms with Crippen molar-refractivity contribution in [3.05, 3.63) is 89.4 Å². The minimum Gasteiger partial charge on any atom is -0.457 e. The van der Waals surface area contributed by atoms with Gasteiger partial charge in [0, 0.05) is 23.8 Å². The molecule has 1 heterocycles. The molecule has 0 aromatic heterocycles. The Kier molecular flexibility index (Phi) is 5.78. The zero-order valence-corrected chi connectivity index (χ0v) is 16.3. The molecule has 0 radical (unpaired) electrons. The highest BCUT2D eigenvalue weighted by Gasteiger charge is 2.15. The summed E-state index contributed by atoms with van der Waals surface area (Å²) in [6, 6.07) is 25.8. The van der Waals surface area contributed by atoms with E-state index in [0.29, 0.717) is 0 Å². The van der Waals surface area contributed by atoms with Gasteiger partial charge in [-0.05, 0) is 54.1 Å². The molecule has 0 N–H and O–H groups in total. The Balaban J connectivity index is 1.33. The molecule has 4 rings (SSSR count). The molecule has 0 atom stereocenters. The Morgan fingerprint density at radius 1 is 0.786 bits per heavy atom. The minimum atomic E-state index is 0.769. The summed E-state index contributed by atoms with van der Waals surface area (Å²) in [5.74, 6) is 1.64. The molecule has 4 nitrogen and oxygen atoms in total. The predicted molar refractivity (Wildman–Crippen MR) is 116 cm³/mol. The average molecular weight is 392 g/mol. The van der Waals surface area contributed by atoms with Crippen molar-refractivity contribution in [2.24, 2.45) is 5.10 Å². The Morgan fingerprint density at radius 3 is 2.25 bits per heavy atom. The molecule has 0 bridgehead atoms. The molecule has 1 saturated heterocycles. The maximum absolute atomic E-state index is 5.97. The summed E-state index contributed by atoms with van der Waals surface area (Å²) in [5.41, 5.74) is 2.23. The molecule has 1 fully saturated rings. The number of anilines is 1. The molecule has 0 aliphatic carbocycles. The van der Waals surface area contributed by atoms with Crippen LogP contribution in [-0.2, 0) is 0 Å². The Hall–Kier alpha value is -2.98. The minimum absolute atomic E-state index is 0.769. The van der Waals surface area contributed by atoms with Gasteiger partial charge < -0.3 is 9.64 Å². The molecular formula is C23H22ClN3O. The van der Waals surface area contributed by atoms with Crippen LogP contribution in [0.5, 0.6) is 11.5 Å². The van der Waals surface area contributed by atoms with Gasteiger partial charge in [-0.3, -0.25) is 5.01 Å². The van der Waals surface area contributed by atoms with Crippen LogP contribution < -0.4 is 9.64 Å². The van der Waals surface area contributed by atoms with Crippen LogP contribution in [0.1, 0.15) is 5.56 Å². The summed E-state index contributed by atoms with van der Waals surface area (Å²) >= 11 is 5.97. The Labute approximate surface area is 170 Å². The third-order valence-electron chi connectivity index (χ3n) is 4.65. The first-order valence-corrected chi connectivity index (χ1v) is 9.76. The quantitative estimate of drug-likeness (QED) is 0.553. The van der Waals surface area contributed by atoms with E-state index >= 15 is 0 Å². The lowest BCUT2D eigenvalue weighted by Crippen LogP contribution is -2.44. The van der Waals surface area contributed by atoms with Gasteiger partial charge >= 0.3 is 0 Å². The lowest BCUT2D eigenvalue weighted by Gasteiger charge is -2.34. The van der Waals surface area contributed by atoms with Crippen molar-refractivity contribution in [2.45, 2.75) is 0 Å². The maximum Gasteiger partial charge on any atom is 0.128 e. The van der Waals surface area contributed by atoms with Crippen LogP contribution in [0.15, 0.2) is 84.0 Å². The van der Waals surface area contributed by atoms with Crippen molar-refractivity contribution in [1.29, 1.82) is 0 Å². The molecule has 28 heavy (non-hydrogen) atoms. The first-order valence-electron chi connectivity index (χ1n) is 9.39. The smallest absolute Gasteiger partial charge is 0.128 e. The van der Waals surface area contributed by atoms with E-state index < -0.39 is 0 Å². The van der Waals surface area contributed by atoms with Gasteiger partial charge in [0.2, 0.25) is 0 Å². The SMILES string of the molecule is Clc1ccc(N2CCN(/N=C\c3cccc(Oc4ccccc4)c3)CC2)cc1. The lowest BCUT2D eigenvalue weighted by molar-refractivity contribution is 0.272. The van der Waals surface area contributed by atoms with Crippen molar-refractivity contribution in [2.75, 3.05) is 31.1 Å². The van der Waals surface area contributed by atoms with Crippen LogP contribution >= 0.6 is 11.6 Å².